The summed E-state index contributed by atoms with van der Waals surface area (Å²) in [5.74, 6) is 1.53. The van der Waals surface area contributed by atoms with Crippen molar-refractivity contribution in [1.29, 1.82) is 0 Å². The van der Waals surface area contributed by atoms with Crippen LogP contribution in [-0.2, 0) is 13.0 Å². The number of piperidine rings is 1. The van der Waals surface area contributed by atoms with Crippen molar-refractivity contribution >= 4 is 11.8 Å². The van der Waals surface area contributed by atoms with E-state index in [1.54, 1.807) is 6.20 Å². The summed E-state index contributed by atoms with van der Waals surface area (Å²) in [6, 6.07) is 16.1. The first kappa shape index (κ1) is 19.3. The zero-order chi connectivity index (χ0) is 20.1. The minimum absolute atomic E-state index is 0.664. The van der Waals surface area contributed by atoms with Crippen LogP contribution in [0.3, 0.4) is 0 Å². The summed E-state index contributed by atoms with van der Waals surface area (Å²) in [4.78, 5) is 15.6. The van der Waals surface area contributed by atoms with Crippen LogP contribution in [0.15, 0.2) is 60.9 Å². The molecule has 0 amide bonds. The first-order valence-corrected chi connectivity index (χ1v) is 10.1. The molecule has 2 aromatic heterocycles. The Bertz CT molecular complexity index is 925. The van der Waals surface area contributed by atoms with E-state index >= 15 is 0 Å². The minimum Gasteiger partial charge on any atom is -0.389 e. The normalized spacial score (nSPS) is 15.9. The van der Waals surface area contributed by atoms with E-state index in [0.29, 0.717) is 25.8 Å². The van der Waals surface area contributed by atoms with Crippen LogP contribution in [0.1, 0.15) is 29.7 Å². The molecule has 0 bridgehead atoms. The van der Waals surface area contributed by atoms with Crippen molar-refractivity contribution in [3.63, 3.8) is 0 Å². The second-order valence-corrected chi connectivity index (χ2v) is 7.78. The second-order valence-electron chi connectivity index (χ2n) is 7.78. The van der Waals surface area contributed by atoms with E-state index in [0.717, 1.165) is 36.1 Å². The summed E-state index contributed by atoms with van der Waals surface area (Å²) in [7, 11) is 0. The number of hydrogen-bond acceptors (Lipinski definition) is 6. The average molecular weight is 390 g/mol. The lowest BCUT2D eigenvalue weighted by atomic mass is 9.85. The van der Waals surface area contributed by atoms with E-state index < -0.39 is 5.60 Å². The first-order valence-electron chi connectivity index (χ1n) is 10.1. The van der Waals surface area contributed by atoms with Gasteiger partial charge in [0.15, 0.2) is 0 Å². The van der Waals surface area contributed by atoms with Crippen molar-refractivity contribution in [2.75, 3.05) is 23.3 Å². The zero-order valence-corrected chi connectivity index (χ0v) is 16.8. The third-order valence-electron chi connectivity index (χ3n) is 5.39. The molecule has 150 valence electrons. The maximum absolute atomic E-state index is 11.0. The number of nitrogens with one attached hydrogen (secondary N) is 1. The zero-order valence-electron chi connectivity index (χ0n) is 16.8. The van der Waals surface area contributed by atoms with Gasteiger partial charge in [0.2, 0.25) is 5.95 Å². The molecule has 4 rings (SSSR count). The van der Waals surface area contributed by atoms with Gasteiger partial charge in [0.25, 0.3) is 0 Å². The molecular formula is C23H27N5O. The Morgan fingerprint density at radius 2 is 1.79 bits per heavy atom. The van der Waals surface area contributed by atoms with Crippen LogP contribution in [-0.4, -0.2) is 38.7 Å². The fraction of sp³-hybridized carbons (Fsp3) is 0.348. The Hall–Kier alpha value is -2.99. The molecule has 2 N–H and O–H groups in total. The highest BCUT2D eigenvalue weighted by molar-refractivity contribution is 5.44. The number of anilines is 2. The summed E-state index contributed by atoms with van der Waals surface area (Å²) in [6.07, 6.45) is 5.72. The first-order chi connectivity index (χ1) is 14.1. The number of aliphatic hydroxyl groups is 1. The molecule has 29 heavy (non-hydrogen) atoms. The van der Waals surface area contributed by atoms with Gasteiger partial charge in [-0.25, -0.2) is 4.98 Å². The number of aryl methyl sites for hydroxylation is 1. The van der Waals surface area contributed by atoms with Gasteiger partial charge in [-0.2, -0.15) is 4.98 Å². The molecule has 6 nitrogen and oxygen atoms in total. The van der Waals surface area contributed by atoms with Gasteiger partial charge in [-0.3, -0.25) is 4.98 Å². The van der Waals surface area contributed by atoms with Crippen LogP contribution < -0.4 is 10.2 Å². The van der Waals surface area contributed by atoms with Gasteiger partial charge in [-0.1, -0.05) is 36.4 Å². The van der Waals surface area contributed by atoms with Gasteiger partial charge in [0, 0.05) is 50.2 Å². The van der Waals surface area contributed by atoms with Crippen molar-refractivity contribution in [3.05, 3.63) is 77.7 Å². The Kier molecular flexibility index (Phi) is 5.71. The molecule has 0 saturated carbocycles. The second kappa shape index (κ2) is 8.57. The van der Waals surface area contributed by atoms with Crippen molar-refractivity contribution in [2.45, 2.75) is 38.3 Å². The van der Waals surface area contributed by atoms with E-state index in [2.05, 4.69) is 32.3 Å². The van der Waals surface area contributed by atoms with Crippen LogP contribution in [0.25, 0.3) is 0 Å². The molecule has 1 saturated heterocycles. The number of benzene rings is 1. The topological polar surface area (TPSA) is 74.2 Å². The SMILES string of the molecule is Cc1cc(NCc2cccnc2)nc(N2CCC(O)(Cc3ccccc3)CC2)n1. The summed E-state index contributed by atoms with van der Waals surface area (Å²) < 4.78 is 0. The van der Waals surface area contributed by atoms with E-state index in [-0.39, 0.29) is 0 Å². The fourth-order valence-corrected chi connectivity index (χ4v) is 3.76. The lowest BCUT2D eigenvalue weighted by Gasteiger charge is -2.38. The fourth-order valence-electron chi connectivity index (χ4n) is 3.76. The van der Waals surface area contributed by atoms with Crippen molar-refractivity contribution < 1.29 is 5.11 Å². The number of hydrogen-bond donors (Lipinski definition) is 2. The van der Waals surface area contributed by atoms with Gasteiger partial charge < -0.3 is 15.3 Å². The highest BCUT2D eigenvalue weighted by atomic mass is 16.3. The van der Waals surface area contributed by atoms with Crippen LogP contribution in [0.5, 0.6) is 0 Å². The van der Waals surface area contributed by atoms with Crippen molar-refractivity contribution in [2.24, 2.45) is 0 Å². The van der Waals surface area contributed by atoms with Gasteiger partial charge in [0.05, 0.1) is 5.60 Å². The third kappa shape index (κ3) is 5.09. The molecule has 1 aliphatic rings. The van der Waals surface area contributed by atoms with Crippen molar-refractivity contribution in [1.82, 2.24) is 15.0 Å². The molecule has 0 atom stereocenters. The molecule has 3 heterocycles. The van der Waals surface area contributed by atoms with Gasteiger partial charge in [-0.05, 0) is 37.0 Å². The standard InChI is InChI=1S/C23H27N5O/c1-18-14-21(25-17-20-8-5-11-24-16-20)27-22(26-18)28-12-9-23(29,10-13-28)15-19-6-3-2-4-7-19/h2-8,11,14,16,29H,9-10,12-13,15,17H2,1H3,(H,25,26,27). The summed E-state index contributed by atoms with van der Waals surface area (Å²) in [5.41, 5.74) is 2.54. The predicted octanol–water partition coefficient (Wildman–Crippen LogP) is 3.37. The number of nitrogens with zero attached hydrogens (tertiary/aromatic N) is 4. The minimum atomic E-state index is -0.664. The van der Waals surface area contributed by atoms with E-state index in [1.165, 1.54) is 5.56 Å². The molecule has 0 radical (unpaired) electrons. The summed E-state index contributed by atoms with van der Waals surface area (Å²) in [5, 5.41) is 14.4. The third-order valence-corrected chi connectivity index (χ3v) is 5.39. The lowest BCUT2D eigenvalue weighted by Crippen LogP contribution is -2.46. The molecule has 0 spiro atoms. The highest BCUT2D eigenvalue weighted by Crippen LogP contribution is 2.28. The van der Waals surface area contributed by atoms with E-state index in [9.17, 15) is 5.11 Å². The molecule has 0 unspecified atom stereocenters. The molecule has 0 aliphatic carbocycles. The maximum atomic E-state index is 11.0. The van der Waals surface area contributed by atoms with E-state index in [4.69, 9.17) is 4.98 Å². The molecule has 1 aromatic carbocycles. The monoisotopic (exact) mass is 389 g/mol. The van der Waals surface area contributed by atoms with Gasteiger partial charge >= 0.3 is 0 Å². The van der Waals surface area contributed by atoms with Crippen LogP contribution in [0, 0.1) is 6.92 Å². The molecule has 1 fully saturated rings. The van der Waals surface area contributed by atoms with Crippen LogP contribution >= 0.6 is 0 Å². The van der Waals surface area contributed by atoms with Crippen molar-refractivity contribution in [3.8, 4) is 0 Å². The largest absolute Gasteiger partial charge is 0.389 e. The molecule has 3 aromatic rings. The Balaban J connectivity index is 1.39. The smallest absolute Gasteiger partial charge is 0.227 e. The summed E-state index contributed by atoms with van der Waals surface area (Å²) in [6.45, 7) is 4.14. The number of pyridine rings is 1. The Morgan fingerprint density at radius 3 is 2.52 bits per heavy atom. The average Bonchev–Trinajstić information content (AvgIpc) is 2.74. The lowest BCUT2D eigenvalue weighted by molar-refractivity contribution is 0.0163. The number of rotatable bonds is 6. The van der Waals surface area contributed by atoms with Gasteiger partial charge in [0.1, 0.15) is 5.82 Å². The van der Waals surface area contributed by atoms with Gasteiger partial charge in [-0.15, -0.1) is 0 Å². The van der Waals surface area contributed by atoms with Crippen LogP contribution in [0.4, 0.5) is 11.8 Å². The maximum Gasteiger partial charge on any atom is 0.227 e. The summed E-state index contributed by atoms with van der Waals surface area (Å²) >= 11 is 0. The highest BCUT2D eigenvalue weighted by Gasteiger charge is 2.33. The predicted molar refractivity (Wildman–Crippen MR) is 115 cm³/mol. The molecular weight excluding hydrogens is 362 g/mol. The molecule has 1 aliphatic heterocycles. The Morgan fingerprint density at radius 1 is 1.03 bits per heavy atom. The molecule has 6 heteroatoms. The van der Waals surface area contributed by atoms with E-state index in [1.807, 2.05) is 49.5 Å². The Labute approximate surface area is 171 Å². The van der Waals surface area contributed by atoms with Crippen LogP contribution in [0.2, 0.25) is 0 Å². The number of aromatic nitrogens is 3. The quantitative estimate of drug-likeness (QED) is 0.673.